The minimum absolute atomic E-state index is 0.0556. The molecule has 1 unspecified atom stereocenters. The quantitative estimate of drug-likeness (QED) is 0.428. The maximum Gasteiger partial charge on any atom is 0.136 e. The summed E-state index contributed by atoms with van der Waals surface area (Å²) in [4.78, 5) is 10.6. The average molecular weight is 214 g/mol. The van der Waals surface area contributed by atoms with Crippen LogP contribution in [0.4, 0.5) is 0 Å². The normalized spacial score (nSPS) is 13.1. The second-order valence-corrected chi connectivity index (χ2v) is 4.39. The molecule has 0 rings (SSSR count). The van der Waals surface area contributed by atoms with Crippen molar-refractivity contribution in [1.29, 1.82) is 0 Å². The van der Waals surface area contributed by atoms with Gasteiger partial charge >= 0.3 is 0 Å². The van der Waals surface area contributed by atoms with E-state index in [1.165, 1.54) is 0 Å². The topological polar surface area (TPSA) is 41.1 Å². The third-order valence-electron chi connectivity index (χ3n) is 2.30. The molecule has 0 saturated heterocycles. The van der Waals surface area contributed by atoms with Crippen molar-refractivity contribution in [2.24, 2.45) is 5.92 Å². The van der Waals surface area contributed by atoms with Crippen molar-refractivity contribution in [3.8, 4) is 0 Å². The summed E-state index contributed by atoms with van der Waals surface area (Å²) >= 11 is 0. The molecule has 0 aliphatic rings. The van der Waals surface area contributed by atoms with E-state index in [2.05, 4.69) is 24.5 Å². The van der Waals surface area contributed by atoms with Gasteiger partial charge in [-0.1, -0.05) is 27.2 Å². The van der Waals surface area contributed by atoms with Crippen LogP contribution >= 0.6 is 0 Å². The Morgan fingerprint density at radius 3 is 2.53 bits per heavy atom. The zero-order valence-electron chi connectivity index (χ0n) is 10.4. The molecule has 0 saturated carbocycles. The van der Waals surface area contributed by atoms with Crippen LogP contribution in [0.5, 0.6) is 0 Å². The van der Waals surface area contributed by atoms with Gasteiger partial charge in [-0.2, -0.15) is 0 Å². The fourth-order valence-electron chi connectivity index (χ4n) is 1.49. The van der Waals surface area contributed by atoms with E-state index < -0.39 is 0 Å². The molecule has 0 heterocycles. The van der Waals surface area contributed by atoms with Crippen LogP contribution in [0.25, 0.3) is 0 Å². The molecule has 1 atom stereocenters. The van der Waals surface area contributed by atoms with E-state index >= 15 is 0 Å². The van der Waals surface area contributed by atoms with Gasteiger partial charge in [-0.25, -0.2) is 0 Å². The SMILES string of the molecule is CCNC(C=O)CCCCNCC(C)C. The first-order valence-electron chi connectivity index (χ1n) is 6.10. The van der Waals surface area contributed by atoms with E-state index in [-0.39, 0.29) is 6.04 Å². The van der Waals surface area contributed by atoms with E-state index in [0.717, 1.165) is 51.1 Å². The Hall–Kier alpha value is -0.410. The van der Waals surface area contributed by atoms with Crippen molar-refractivity contribution in [2.75, 3.05) is 19.6 Å². The first-order chi connectivity index (χ1) is 7.20. The summed E-state index contributed by atoms with van der Waals surface area (Å²) in [5, 5.41) is 6.55. The summed E-state index contributed by atoms with van der Waals surface area (Å²) in [6, 6.07) is 0.0556. The smallest absolute Gasteiger partial charge is 0.136 e. The molecule has 0 aliphatic heterocycles. The molecule has 3 nitrogen and oxygen atoms in total. The highest BCUT2D eigenvalue weighted by atomic mass is 16.1. The van der Waals surface area contributed by atoms with Crippen LogP contribution in [0, 0.1) is 5.92 Å². The number of unbranched alkanes of at least 4 members (excludes halogenated alkanes) is 1. The van der Waals surface area contributed by atoms with Crippen molar-refractivity contribution in [3.05, 3.63) is 0 Å². The van der Waals surface area contributed by atoms with Gasteiger partial charge in [-0.05, 0) is 38.4 Å². The number of carbonyl (C=O) groups excluding carboxylic acids is 1. The fraction of sp³-hybridized carbons (Fsp3) is 0.917. The number of carbonyl (C=O) groups is 1. The fourth-order valence-corrected chi connectivity index (χ4v) is 1.49. The van der Waals surface area contributed by atoms with E-state index in [1.807, 2.05) is 6.92 Å². The summed E-state index contributed by atoms with van der Waals surface area (Å²) in [5.74, 6) is 0.717. The van der Waals surface area contributed by atoms with E-state index in [0.29, 0.717) is 0 Å². The zero-order valence-corrected chi connectivity index (χ0v) is 10.4. The predicted molar refractivity (Wildman–Crippen MR) is 65.1 cm³/mol. The Morgan fingerprint density at radius 2 is 2.00 bits per heavy atom. The van der Waals surface area contributed by atoms with Gasteiger partial charge in [-0.15, -0.1) is 0 Å². The molecule has 0 bridgehead atoms. The van der Waals surface area contributed by atoms with E-state index in [9.17, 15) is 4.79 Å². The van der Waals surface area contributed by atoms with Crippen molar-refractivity contribution in [2.45, 2.75) is 46.1 Å². The van der Waals surface area contributed by atoms with E-state index in [4.69, 9.17) is 0 Å². The van der Waals surface area contributed by atoms with Gasteiger partial charge in [0.05, 0.1) is 6.04 Å². The molecule has 0 aromatic heterocycles. The Bertz CT molecular complexity index is 149. The zero-order chi connectivity index (χ0) is 11.5. The third-order valence-corrected chi connectivity index (χ3v) is 2.30. The summed E-state index contributed by atoms with van der Waals surface area (Å²) in [6.07, 6.45) is 4.25. The number of rotatable bonds is 10. The predicted octanol–water partition coefficient (Wildman–Crippen LogP) is 1.58. The number of likely N-dealkylation sites (N-methyl/N-ethyl adjacent to an activating group) is 1. The van der Waals surface area contributed by atoms with E-state index in [1.54, 1.807) is 0 Å². The molecule has 2 N–H and O–H groups in total. The van der Waals surface area contributed by atoms with Gasteiger partial charge in [0.1, 0.15) is 6.29 Å². The van der Waals surface area contributed by atoms with Crippen molar-refractivity contribution >= 4 is 6.29 Å². The molecule has 0 aromatic rings. The summed E-state index contributed by atoms with van der Waals surface area (Å²) < 4.78 is 0. The minimum atomic E-state index is 0.0556. The van der Waals surface area contributed by atoms with Crippen LogP contribution in [0.1, 0.15) is 40.0 Å². The monoisotopic (exact) mass is 214 g/mol. The third kappa shape index (κ3) is 9.88. The Morgan fingerprint density at radius 1 is 1.27 bits per heavy atom. The highest BCUT2D eigenvalue weighted by Crippen LogP contribution is 1.98. The lowest BCUT2D eigenvalue weighted by Crippen LogP contribution is -2.30. The highest BCUT2D eigenvalue weighted by Gasteiger charge is 2.03. The van der Waals surface area contributed by atoms with Crippen molar-refractivity contribution in [1.82, 2.24) is 10.6 Å². The molecule has 0 amide bonds. The molecular formula is C12H26N2O. The molecule has 15 heavy (non-hydrogen) atoms. The van der Waals surface area contributed by atoms with Crippen LogP contribution in [-0.4, -0.2) is 32.0 Å². The molecule has 0 fully saturated rings. The second-order valence-electron chi connectivity index (χ2n) is 4.39. The molecule has 0 radical (unpaired) electrons. The lowest BCUT2D eigenvalue weighted by Gasteiger charge is -2.11. The lowest BCUT2D eigenvalue weighted by molar-refractivity contribution is -0.109. The molecule has 0 spiro atoms. The van der Waals surface area contributed by atoms with Crippen LogP contribution in [-0.2, 0) is 4.79 Å². The van der Waals surface area contributed by atoms with Gasteiger partial charge in [0, 0.05) is 0 Å². The van der Waals surface area contributed by atoms with Gasteiger partial charge < -0.3 is 15.4 Å². The largest absolute Gasteiger partial charge is 0.316 e. The Balaban J connectivity index is 3.25. The van der Waals surface area contributed by atoms with Gasteiger partial charge in [0.15, 0.2) is 0 Å². The average Bonchev–Trinajstić information content (AvgIpc) is 2.21. The Kier molecular flexibility index (Phi) is 9.84. The maximum atomic E-state index is 10.6. The number of hydrogen-bond acceptors (Lipinski definition) is 3. The first-order valence-corrected chi connectivity index (χ1v) is 6.10. The Labute approximate surface area is 94.0 Å². The molecule has 3 heteroatoms. The molecule has 90 valence electrons. The summed E-state index contributed by atoms with van der Waals surface area (Å²) in [5.41, 5.74) is 0. The van der Waals surface area contributed by atoms with Crippen LogP contribution < -0.4 is 10.6 Å². The van der Waals surface area contributed by atoms with Crippen molar-refractivity contribution < 1.29 is 4.79 Å². The number of aldehydes is 1. The number of nitrogens with one attached hydrogen (secondary N) is 2. The van der Waals surface area contributed by atoms with Gasteiger partial charge in [0.25, 0.3) is 0 Å². The van der Waals surface area contributed by atoms with Crippen LogP contribution in [0.2, 0.25) is 0 Å². The maximum absolute atomic E-state index is 10.6. The summed E-state index contributed by atoms with van der Waals surface area (Å²) in [7, 11) is 0. The number of hydrogen-bond donors (Lipinski definition) is 2. The molecule has 0 aromatic carbocycles. The van der Waals surface area contributed by atoms with Crippen LogP contribution in [0.3, 0.4) is 0 Å². The highest BCUT2D eigenvalue weighted by molar-refractivity contribution is 5.57. The van der Waals surface area contributed by atoms with Gasteiger partial charge in [-0.3, -0.25) is 0 Å². The summed E-state index contributed by atoms with van der Waals surface area (Å²) in [6.45, 7) is 9.47. The van der Waals surface area contributed by atoms with Crippen LogP contribution in [0.15, 0.2) is 0 Å². The van der Waals surface area contributed by atoms with Crippen molar-refractivity contribution in [3.63, 3.8) is 0 Å². The minimum Gasteiger partial charge on any atom is -0.316 e. The first kappa shape index (κ1) is 14.6. The van der Waals surface area contributed by atoms with Gasteiger partial charge in [0.2, 0.25) is 0 Å². The lowest BCUT2D eigenvalue weighted by atomic mass is 10.1. The standard InChI is InChI=1S/C12H26N2O/c1-4-14-12(10-15)7-5-6-8-13-9-11(2)3/h10-14H,4-9H2,1-3H3. The second kappa shape index (κ2) is 10.1. The molecule has 0 aliphatic carbocycles. The molecular weight excluding hydrogens is 188 g/mol.